The molecule has 3 aromatic rings. The number of hydrogen-bond donors (Lipinski definition) is 1. The molecule has 0 bridgehead atoms. The molecule has 0 atom stereocenters. The Morgan fingerprint density at radius 1 is 1.00 bits per heavy atom. The Morgan fingerprint density at radius 3 is 2.22 bits per heavy atom. The number of benzene rings is 2. The van der Waals surface area contributed by atoms with E-state index in [0.717, 1.165) is 4.90 Å². The molecular weight excluding hydrogens is 310 g/mol. The van der Waals surface area contributed by atoms with Gasteiger partial charge < -0.3 is 5.73 Å². The number of amides is 1. The maximum Gasteiger partial charge on any atom is 0.272 e. The Balaban J connectivity index is 2.10. The fraction of sp³-hybridized carbons (Fsp3) is 0. The Hall–Kier alpha value is -2.86. The molecule has 2 aromatic carbocycles. The minimum atomic E-state index is -0.673. The number of primary amides is 1. The SMILES string of the molecule is NC(=O)c1nn(-c2ccccc2)c(=O)cc1Sc1ccccc1. The molecular formula is C17H13N3O2S. The maximum atomic E-state index is 12.3. The maximum absolute atomic E-state index is 12.3. The van der Waals surface area contributed by atoms with Crippen LogP contribution in [0.1, 0.15) is 10.5 Å². The molecule has 114 valence electrons. The van der Waals surface area contributed by atoms with Crippen molar-refractivity contribution in [1.29, 1.82) is 0 Å². The summed E-state index contributed by atoms with van der Waals surface area (Å²) in [5.41, 5.74) is 5.77. The summed E-state index contributed by atoms with van der Waals surface area (Å²) >= 11 is 1.28. The van der Waals surface area contributed by atoms with Gasteiger partial charge in [-0.25, -0.2) is 0 Å². The third-order valence-electron chi connectivity index (χ3n) is 3.10. The van der Waals surface area contributed by atoms with Crippen LogP contribution in [0.25, 0.3) is 5.69 Å². The monoisotopic (exact) mass is 323 g/mol. The van der Waals surface area contributed by atoms with E-state index in [1.165, 1.54) is 22.5 Å². The van der Waals surface area contributed by atoms with Crippen LogP contribution < -0.4 is 11.3 Å². The van der Waals surface area contributed by atoms with Crippen LogP contribution in [-0.2, 0) is 0 Å². The number of aromatic nitrogens is 2. The summed E-state index contributed by atoms with van der Waals surface area (Å²) < 4.78 is 1.18. The minimum Gasteiger partial charge on any atom is -0.364 e. The van der Waals surface area contributed by atoms with Crippen molar-refractivity contribution in [3.05, 3.63) is 82.8 Å². The number of rotatable bonds is 4. The third kappa shape index (κ3) is 3.32. The van der Waals surface area contributed by atoms with Crippen molar-refractivity contribution in [3.8, 4) is 5.69 Å². The Morgan fingerprint density at radius 2 is 1.61 bits per heavy atom. The summed E-state index contributed by atoms with van der Waals surface area (Å²) in [6.07, 6.45) is 0. The van der Waals surface area contributed by atoms with Crippen LogP contribution >= 0.6 is 11.8 Å². The second kappa shape index (κ2) is 6.50. The summed E-state index contributed by atoms with van der Waals surface area (Å²) in [5, 5.41) is 4.15. The average Bonchev–Trinajstić information content (AvgIpc) is 2.56. The van der Waals surface area contributed by atoms with Crippen LogP contribution in [-0.4, -0.2) is 15.7 Å². The van der Waals surface area contributed by atoms with Gasteiger partial charge in [0.15, 0.2) is 5.69 Å². The second-order valence-corrected chi connectivity index (χ2v) is 5.84. The highest BCUT2D eigenvalue weighted by molar-refractivity contribution is 7.99. The Labute approximate surface area is 136 Å². The first-order valence-electron chi connectivity index (χ1n) is 6.87. The highest BCUT2D eigenvalue weighted by atomic mass is 32.2. The lowest BCUT2D eigenvalue weighted by atomic mass is 10.3. The molecule has 0 spiro atoms. The molecule has 1 aromatic heterocycles. The lowest BCUT2D eigenvalue weighted by molar-refractivity contribution is 0.0990. The van der Waals surface area contributed by atoms with E-state index < -0.39 is 5.91 Å². The molecule has 2 N–H and O–H groups in total. The molecule has 1 amide bonds. The number of carbonyl (C=O) groups excluding carboxylic acids is 1. The van der Waals surface area contributed by atoms with Crippen molar-refractivity contribution in [3.63, 3.8) is 0 Å². The van der Waals surface area contributed by atoms with Crippen molar-refractivity contribution in [2.75, 3.05) is 0 Å². The van der Waals surface area contributed by atoms with Crippen molar-refractivity contribution in [2.45, 2.75) is 9.79 Å². The molecule has 3 rings (SSSR count). The van der Waals surface area contributed by atoms with Gasteiger partial charge in [-0.2, -0.15) is 9.78 Å². The molecule has 23 heavy (non-hydrogen) atoms. The molecule has 1 heterocycles. The Bertz CT molecular complexity index is 893. The van der Waals surface area contributed by atoms with Gasteiger partial charge >= 0.3 is 0 Å². The van der Waals surface area contributed by atoms with Crippen molar-refractivity contribution in [2.24, 2.45) is 5.73 Å². The smallest absolute Gasteiger partial charge is 0.272 e. The average molecular weight is 323 g/mol. The molecule has 0 unspecified atom stereocenters. The largest absolute Gasteiger partial charge is 0.364 e. The van der Waals surface area contributed by atoms with Gasteiger partial charge in [0.1, 0.15) is 0 Å². The van der Waals surface area contributed by atoms with Crippen LogP contribution in [0, 0.1) is 0 Å². The first kappa shape index (κ1) is 15.1. The zero-order chi connectivity index (χ0) is 16.2. The van der Waals surface area contributed by atoms with Crippen LogP contribution in [0.15, 0.2) is 81.3 Å². The van der Waals surface area contributed by atoms with Crippen molar-refractivity contribution < 1.29 is 4.79 Å². The number of nitrogens with two attached hydrogens (primary N) is 1. The molecule has 0 saturated heterocycles. The predicted molar refractivity (Wildman–Crippen MR) is 88.9 cm³/mol. The first-order chi connectivity index (χ1) is 11.1. The van der Waals surface area contributed by atoms with Crippen LogP contribution in [0.4, 0.5) is 0 Å². The third-order valence-corrected chi connectivity index (χ3v) is 4.14. The predicted octanol–water partition coefficient (Wildman–Crippen LogP) is 2.48. The van der Waals surface area contributed by atoms with Crippen molar-refractivity contribution >= 4 is 17.7 Å². The lowest BCUT2D eigenvalue weighted by Crippen LogP contribution is -2.26. The fourth-order valence-corrected chi connectivity index (χ4v) is 3.00. The van der Waals surface area contributed by atoms with Crippen LogP contribution in [0.5, 0.6) is 0 Å². The molecule has 0 fully saturated rings. The summed E-state index contributed by atoms with van der Waals surface area (Å²) in [4.78, 5) is 25.4. The number of carbonyl (C=O) groups is 1. The summed E-state index contributed by atoms with van der Waals surface area (Å²) in [6.45, 7) is 0. The van der Waals surface area contributed by atoms with E-state index in [1.807, 2.05) is 36.4 Å². The number of hydrogen-bond acceptors (Lipinski definition) is 4. The van der Waals surface area contributed by atoms with E-state index in [4.69, 9.17) is 5.73 Å². The number of nitrogens with zero attached hydrogens (tertiary/aromatic N) is 2. The molecule has 5 nitrogen and oxygen atoms in total. The first-order valence-corrected chi connectivity index (χ1v) is 7.69. The van der Waals surface area contributed by atoms with Gasteiger partial charge in [-0.15, -0.1) is 0 Å². The summed E-state index contributed by atoms with van der Waals surface area (Å²) in [5.74, 6) is -0.673. The van der Waals surface area contributed by atoms with Gasteiger partial charge in [0.2, 0.25) is 0 Å². The van der Waals surface area contributed by atoms with Gasteiger partial charge in [0.05, 0.1) is 10.6 Å². The van der Waals surface area contributed by atoms with E-state index in [-0.39, 0.29) is 11.3 Å². The highest BCUT2D eigenvalue weighted by Gasteiger charge is 2.15. The van der Waals surface area contributed by atoms with Gasteiger partial charge in [-0.3, -0.25) is 9.59 Å². The van der Waals surface area contributed by atoms with Crippen LogP contribution in [0.3, 0.4) is 0 Å². The zero-order valence-electron chi connectivity index (χ0n) is 12.0. The summed E-state index contributed by atoms with van der Waals surface area (Å²) in [7, 11) is 0. The van der Waals surface area contributed by atoms with Gasteiger partial charge in [0.25, 0.3) is 11.5 Å². The standard InChI is InChI=1S/C17H13N3O2S/c18-17(22)16-14(23-13-9-5-2-6-10-13)11-15(21)20(19-16)12-7-3-1-4-8-12/h1-11H,(H2,18,22). The normalized spacial score (nSPS) is 10.4. The topological polar surface area (TPSA) is 78.0 Å². The second-order valence-electron chi connectivity index (χ2n) is 4.72. The van der Waals surface area contributed by atoms with E-state index in [0.29, 0.717) is 10.6 Å². The number of para-hydroxylation sites is 1. The molecule has 0 saturated carbocycles. The lowest BCUT2D eigenvalue weighted by Gasteiger charge is -2.09. The van der Waals surface area contributed by atoms with Crippen molar-refractivity contribution in [1.82, 2.24) is 9.78 Å². The van der Waals surface area contributed by atoms with E-state index in [1.54, 1.807) is 24.3 Å². The van der Waals surface area contributed by atoms with E-state index in [9.17, 15) is 9.59 Å². The Kier molecular flexibility index (Phi) is 4.25. The molecule has 0 aliphatic carbocycles. The highest BCUT2D eigenvalue weighted by Crippen LogP contribution is 2.28. The van der Waals surface area contributed by atoms with E-state index in [2.05, 4.69) is 5.10 Å². The van der Waals surface area contributed by atoms with Gasteiger partial charge in [-0.1, -0.05) is 48.2 Å². The molecule has 0 radical (unpaired) electrons. The van der Waals surface area contributed by atoms with Crippen LogP contribution in [0.2, 0.25) is 0 Å². The van der Waals surface area contributed by atoms with E-state index >= 15 is 0 Å². The van der Waals surface area contributed by atoms with Gasteiger partial charge in [-0.05, 0) is 24.3 Å². The molecule has 0 aliphatic rings. The quantitative estimate of drug-likeness (QED) is 0.800. The molecule has 0 aliphatic heterocycles. The minimum absolute atomic E-state index is 0.0716. The summed E-state index contributed by atoms with van der Waals surface area (Å²) in [6, 6.07) is 19.7. The molecule has 6 heteroatoms. The fourth-order valence-electron chi connectivity index (χ4n) is 2.06. The zero-order valence-corrected chi connectivity index (χ0v) is 12.9. The van der Waals surface area contributed by atoms with Gasteiger partial charge in [0, 0.05) is 11.0 Å².